The summed E-state index contributed by atoms with van der Waals surface area (Å²) in [6, 6.07) is 3.71. The molecule has 0 aliphatic heterocycles. The molecule has 4 nitrogen and oxygen atoms in total. The Morgan fingerprint density at radius 3 is 2.53 bits per heavy atom. The second-order valence-corrected chi connectivity index (χ2v) is 5.91. The van der Waals surface area contributed by atoms with Gasteiger partial charge in [0.15, 0.2) is 0 Å². The average molecular weight is 456 g/mol. The van der Waals surface area contributed by atoms with Crippen LogP contribution in [0.15, 0.2) is 21.1 Å². The Balaban J connectivity index is 2.86. The highest BCUT2D eigenvalue weighted by Gasteiger charge is 2.21. The number of hydrogen-bond donors (Lipinski definition) is 0. The maximum atomic E-state index is 11.9. The fourth-order valence-electron chi connectivity index (χ4n) is 1.88. The summed E-state index contributed by atoms with van der Waals surface area (Å²) in [7, 11) is 2.96. The first-order chi connectivity index (χ1) is 9.04. The first-order valence-corrected chi connectivity index (χ1v) is 7.96. The number of benzene rings is 1. The first-order valence-electron chi connectivity index (χ1n) is 5.25. The summed E-state index contributed by atoms with van der Waals surface area (Å²) >= 11 is 10.3. The summed E-state index contributed by atoms with van der Waals surface area (Å²) in [5.74, 6) is 0.705. The highest BCUT2D eigenvalue weighted by Crippen LogP contribution is 2.38. The van der Waals surface area contributed by atoms with Gasteiger partial charge in [-0.05, 0) is 44.0 Å². The minimum Gasteiger partial charge on any atom is -0.496 e. The Labute approximate surface area is 135 Å². The molecule has 1 aromatic heterocycles. The van der Waals surface area contributed by atoms with E-state index in [0.29, 0.717) is 11.1 Å². The van der Waals surface area contributed by atoms with Crippen molar-refractivity contribution in [3.8, 4) is 5.75 Å². The molecule has 0 radical (unpaired) electrons. The molecular weight excluding hydrogens is 446 g/mol. The molecule has 2 aromatic rings. The molecule has 0 unspecified atom stereocenters. The monoisotopic (exact) mass is 453 g/mol. The Hall–Kier alpha value is -0.530. The first kappa shape index (κ1) is 14.9. The molecule has 0 spiro atoms. The van der Waals surface area contributed by atoms with Crippen molar-refractivity contribution in [2.24, 2.45) is 0 Å². The highest BCUT2D eigenvalue weighted by atomic mass is 79.9. The van der Waals surface area contributed by atoms with Crippen LogP contribution in [0.25, 0.3) is 10.9 Å². The second kappa shape index (κ2) is 5.85. The third-order valence-electron chi connectivity index (χ3n) is 2.75. The molecule has 0 fully saturated rings. The summed E-state index contributed by atoms with van der Waals surface area (Å²) in [6.45, 7) is 0. The molecule has 0 amide bonds. The standard InChI is InChI=1S/C12H10Br3NO3/c1-18-10-3-6-8(4-7(10)14)16(12(17)19-2)9(5-13)11(6)15/h3-4H,5H2,1-2H3. The minimum absolute atomic E-state index is 0.429. The Bertz CT molecular complexity index is 651. The predicted molar refractivity (Wildman–Crippen MR) is 84.3 cm³/mol. The van der Waals surface area contributed by atoms with E-state index in [-0.39, 0.29) is 0 Å². The molecule has 1 heterocycles. The zero-order valence-corrected chi connectivity index (χ0v) is 14.9. The van der Waals surface area contributed by atoms with Gasteiger partial charge in [-0.15, -0.1) is 0 Å². The van der Waals surface area contributed by atoms with Crippen LogP contribution in [0.4, 0.5) is 4.79 Å². The number of alkyl halides is 1. The van der Waals surface area contributed by atoms with Gasteiger partial charge in [0.2, 0.25) is 0 Å². The fourth-order valence-corrected chi connectivity index (χ4v) is 3.91. The van der Waals surface area contributed by atoms with Crippen molar-refractivity contribution in [1.29, 1.82) is 0 Å². The van der Waals surface area contributed by atoms with Crippen molar-refractivity contribution < 1.29 is 14.3 Å². The predicted octanol–water partition coefficient (Wildman–Crippen LogP) is 4.68. The van der Waals surface area contributed by atoms with Crippen LogP contribution in [0.5, 0.6) is 5.75 Å². The molecule has 0 N–H and O–H groups in total. The number of nitrogens with zero attached hydrogens (tertiary/aromatic N) is 1. The van der Waals surface area contributed by atoms with Crippen LogP contribution in [0.3, 0.4) is 0 Å². The van der Waals surface area contributed by atoms with E-state index < -0.39 is 6.09 Å². The summed E-state index contributed by atoms with van der Waals surface area (Å²) < 4.78 is 13.3. The van der Waals surface area contributed by atoms with Crippen molar-refractivity contribution >= 4 is 64.8 Å². The van der Waals surface area contributed by atoms with Crippen molar-refractivity contribution in [2.75, 3.05) is 14.2 Å². The zero-order valence-electron chi connectivity index (χ0n) is 10.2. The number of methoxy groups -OCH3 is 2. The largest absolute Gasteiger partial charge is 0.496 e. The van der Waals surface area contributed by atoms with Crippen LogP contribution in [0, 0.1) is 0 Å². The molecule has 0 saturated heterocycles. The van der Waals surface area contributed by atoms with E-state index in [9.17, 15) is 4.79 Å². The van der Waals surface area contributed by atoms with Gasteiger partial charge >= 0.3 is 6.09 Å². The lowest BCUT2D eigenvalue weighted by Gasteiger charge is -2.07. The number of carbonyl (C=O) groups is 1. The molecular formula is C12H10Br3NO3. The number of carbonyl (C=O) groups excluding carboxylic acids is 1. The highest BCUT2D eigenvalue weighted by molar-refractivity contribution is 9.11. The van der Waals surface area contributed by atoms with Crippen LogP contribution < -0.4 is 4.74 Å². The lowest BCUT2D eigenvalue weighted by Crippen LogP contribution is -2.13. The van der Waals surface area contributed by atoms with Gasteiger partial charge < -0.3 is 9.47 Å². The van der Waals surface area contributed by atoms with Crippen molar-refractivity contribution in [1.82, 2.24) is 4.57 Å². The number of halogens is 3. The number of rotatable bonds is 2. The van der Waals surface area contributed by atoms with E-state index in [2.05, 4.69) is 47.8 Å². The third-order valence-corrected chi connectivity index (χ3v) is 4.79. The number of fused-ring (bicyclic) bond motifs is 1. The summed E-state index contributed by atoms with van der Waals surface area (Å²) in [5.41, 5.74) is 1.54. The van der Waals surface area contributed by atoms with Crippen LogP contribution in [-0.2, 0) is 10.1 Å². The molecule has 1 aromatic carbocycles. The smallest absolute Gasteiger partial charge is 0.418 e. The van der Waals surface area contributed by atoms with Gasteiger partial charge in [0, 0.05) is 15.2 Å². The van der Waals surface area contributed by atoms with E-state index in [4.69, 9.17) is 9.47 Å². The Morgan fingerprint density at radius 2 is 2.00 bits per heavy atom. The quantitative estimate of drug-likeness (QED) is 0.617. The van der Waals surface area contributed by atoms with Crippen molar-refractivity contribution in [3.63, 3.8) is 0 Å². The van der Waals surface area contributed by atoms with Gasteiger partial charge in [-0.1, -0.05) is 15.9 Å². The number of hydrogen-bond acceptors (Lipinski definition) is 3. The summed E-state index contributed by atoms with van der Waals surface area (Å²) in [4.78, 5) is 11.9. The summed E-state index contributed by atoms with van der Waals surface area (Å²) in [6.07, 6.45) is -0.429. The van der Waals surface area contributed by atoms with Gasteiger partial charge in [0.05, 0.1) is 29.9 Å². The van der Waals surface area contributed by atoms with E-state index in [1.165, 1.54) is 11.7 Å². The topological polar surface area (TPSA) is 40.5 Å². The second-order valence-electron chi connectivity index (χ2n) is 3.70. The molecule has 7 heteroatoms. The molecule has 2 rings (SSSR count). The molecule has 102 valence electrons. The van der Waals surface area contributed by atoms with Gasteiger partial charge in [-0.25, -0.2) is 9.36 Å². The van der Waals surface area contributed by atoms with Crippen LogP contribution in [0.2, 0.25) is 0 Å². The van der Waals surface area contributed by atoms with Crippen LogP contribution >= 0.6 is 47.8 Å². The Morgan fingerprint density at radius 1 is 1.32 bits per heavy atom. The molecule has 0 atom stereocenters. The fraction of sp³-hybridized carbons (Fsp3) is 0.250. The maximum Gasteiger partial charge on any atom is 0.418 e. The average Bonchev–Trinajstić information content (AvgIpc) is 2.68. The van der Waals surface area contributed by atoms with E-state index >= 15 is 0 Å². The van der Waals surface area contributed by atoms with Gasteiger partial charge in [-0.2, -0.15) is 0 Å². The Kier molecular flexibility index (Phi) is 4.58. The summed E-state index contributed by atoms with van der Waals surface area (Å²) in [5, 5.41) is 1.41. The van der Waals surface area contributed by atoms with Gasteiger partial charge in [0.25, 0.3) is 0 Å². The lowest BCUT2D eigenvalue weighted by atomic mass is 10.2. The number of aromatic nitrogens is 1. The van der Waals surface area contributed by atoms with E-state index in [1.54, 1.807) is 7.11 Å². The lowest BCUT2D eigenvalue weighted by molar-refractivity contribution is 0.173. The zero-order chi connectivity index (χ0) is 14.2. The van der Waals surface area contributed by atoms with Crippen molar-refractivity contribution in [3.05, 3.63) is 26.8 Å². The SMILES string of the molecule is COC(=O)n1c(CBr)c(Br)c2cc(OC)c(Br)cc21. The van der Waals surface area contributed by atoms with E-state index in [0.717, 1.165) is 25.5 Å². The minimum atomic E-state index is -0.429. The normalized spacial score (nSPS) is 10.8. The van der Waals surface area contributed by atoms with Crippen LogP contribution in [0.1, 0.15) is 5.69 Å². The molecule has 0 aliphatic carbocycles. The molecule has 0 bridgehead atoms. The molecule has 0 saturated carbocycles. The van der Waals surface area contributed by atoms with Crippen molar-refractivity contribution in [2.45, 2.75) is 5.33 Å². The van der Waals surface area contributed by atoms with E-state index in [1.807, 2.05) is 12.1 Å². The molecule has 19 heavy (non-hydrogen) atoms. The third kappa shape index (κ3) is 2.43. The van der Waals surface area contributed by atoms with Gasteiger partial charge in [-0.3, -0.25) is 0 Å². The number of ether oxygens (including phenoxy) is 2. The van der Waals surface area contributed by atoms with Crippen LogP contribution in [-0.4, -0.2) is 24.9 Å². The maximum absolute atomic E-state index is 11.9. The van der Waals surface area contributed by atoms with Gasteiger partial charge in [0.1, 0.15) is 5.75 Å². The molecule has 0 aliphatic rings.